The average Bonchev–Trinajstić information content (AvgIpc) is 2.55. The smallest absolute Gasteiger partial charge is 0.374 e. The highest BCUT2D eigenvalue weighted by Crippen LogP contribution is 2.19. The molecule has 5 nitrogen and oxygen atoms in total. The van der Waals surface area contributed by atoms with Crippen LogP contribution in [0.1, 0.15) is 21.9 Å². The normalized spacial score (nSPS) is 10.0. The molecule has 82 valence electrons. The quantitative estimate of drug-likeness (QED) is 0.465. The molecule has 1 aromatic heterocycles. The van der Waals surface area contributed by atoms with Crippen LogP contribution in [-0.2, 0) is 10.5 Å². The summed E-state index contributed by atoms with van der Waals surface area (Å²) in [5.41, 5.74) is 5.91. The summed E-state index contributed by atoms with van der Waals surface area (Å²) in [6, 6.07) is 1.74. The zero-order valence-corrected chi connectivity index (χ0v) is 9.31. The van der Waals surface area contributed by atoms with E-state index in [0.29, 0.717) is 11.5 Å². The summed E-state index contributed by atoms with van der Waals surface area (Å²) >= 11 is 1.14. The van der Waals surface area contributed by atoms with Gasteiger partial charge in [0.1, 0.15) is 5.76 Å². The molecule has 0 atom stereocenters. The van der Waals surface area contributed by atoms with Crippen molar-refractivity contribution < 1.29 is 13.9 Å². The number of esters is 1. The molecular weight excluding hydrogens is 216 g/mol. The van der Waals surface area contributed by atoms with Crippen LogP contribution in [0.2, 0.25) is 0 Å². The summed E-state index contributed by atoms with van der Waals surface area (Å²) in [6.45, 7) is 1.76. The van der Waals surface area contributed by atoms with Crippen LogP contribution in [0.15, 0.2) is 10.5 Å². The fourth-order valence-corrected chi connectivity index (χ4v) is 1.50. The van der Waals surface area contributed by atoms with E-state index in [1.807, 2.05) is 0 Å². The summed E-state index contributed by atoms with van der Waals surface area (Å²) in [5.74, 6) is 0.754. The van der Waals surface area contributed by atoms with Crippen LogP contribution in [0.25, 0.3) is 0 Å². The fraction of sp³-hybridized carbons (Fsp3) is 0.333. The van der Waals surface area contributed by atoms with Crippen molar-refractivity contribution in [1.82, 2.24) is 0 Å². The van der Waals surface area contributed by atoms with Gasteiger partial charge in [-0.1, -0.05) is 11.8 Å². The zero-order valence-electron chi connectivity index (χ0n) is 8.49. The van der Waals surface area contributed by atoms with Crippen LogP contribution in [0.4, 0.5) is 0 Å². The maximum absolute atomic E-state index is 11.2. The predicted molar refractivity (Wildman–Crippen MR) is 58.0 cm³/mol. The standard InChI is InChI=1S/C9H12N2O3S/c1-5-3-6(4-15-9(10)11)14-7(5)8(12)13-2/h3H,4H2,1-2H3,(H3,10,11). The highest BCUT2D eigenvalue weighted by Gasteiger charge is 2.15. The van der Waals surface area contributed by atoms with Crippen LogP contribution >= 0.6 is 11.8 Å². The number of nitrogens with two attached hydrogens (primary N) is 1. The summed E-state index contributed by atoms with van der Waals surface area (Å²) < 4.78 is 9.82. The van der Waals surface area contributed by atoms with Gasteiger partial charge in [-0.2, -0.15) is 0 Å². The van der Waals surface area contributed by atoms with Crippen LogP contribution in [0.3, 0.4) is 0 Å². The molecule has 0 fully saturated rings. The second kappa shape index (κ2) is 4.88. The third kappa shape index (κ3) is 3.02. The second-order valence-corrected chi connectivity index (χ2v) is 3.89. The molecular formula is C9H12N2O3S. The molecule has 15 heavy (non-hydrogen) atoms. The third-order valence-corrected chi connectivity index (χ3v) is 2.45. The topological polar surface area (TPSA) is 89.3 Å². The Morgan fingerprint density at radius 3 is 2.93 bits per heavy atom. The van der Waals surface area contributed by atoms with Crippen molar-refractivity contribution in [2.24, 2.45) is 5.73 Å². The van der Waals surface area contributed by atoms with E-state index in [0.717, 1.165) is 17.3 Å². The number of ether oxygens (including phenoxy) is 1. The molecule has 1 heterocycles. The number of methoxy groups -OCH3 is 1. The minimum atomic E-state index is -0.494. The minimum absolute atomic E-state index is 0.0173. The molecule has 0 aliphatic rings. The van der Waals surface area contributed by atoms with Gasteiger partial charge in [0.05, 0.1) is 12.9 Å². The van der Waals surface area contributed by atoms with Crippen molar-refractivity contribution in [3.8, 4) is 0 Å². The Bertz CT molecular complexity index is 387. The van der Waals surface area contributed by atoms with E-state index >= 15 is 0 Å². The van der Waals surface area contributed by atoms with E-state index in [4.69, 9.17) is 15.6 Å². The Hall–Kier alpha value is -1.43. The average molecular weight is 228 g/mol. The van der Waals surface area contributed by atoms with Crippen molar-refractivity contribution >= 4 is 22.9 Å². The van der Waals surface area contributed by atoms with Crippen LogP contribution < -0.4 is 5.73 Å². The molecule has 0 spiro atoms. The lowest BCUT2D eigenvalue weighted by molar-refractivity contribution is 0.0562. The van der Waals surface area contributed by atoms with Crippen LogP contribution in [0, 0.1) is 12.3 Å². The number of hydrogen-bond acceptors (Lipinski definition) is 5. The molecule has 3 N–H and O–H groups in total. The Kier molecular flexibility index (Phi) is 3.79. The monoisotopic (exact) mass is 228 g/mol. The van der Waals surface area contributed by atoms with Crippen LogP contribution in [0.5, 0.6) is 0 Å². The molecule has 0 aliphatic heterocycles. The van der Waals surface area contributed by atoms with Gasteiger partial charge in [-0.3, -0.25) is 5.41 Å². The van der Waals surface area contributed by atoms with E-state index in [1.165, 1.54) is 7.11 Å². The molecule has 0 aromatic carbocycles. The lowest BCUT2D eigenvalue weighted by Crippen LogP contribution is -2.03. The lowest BCUT2D eigenvalue weighted by Gasteiger charge is -1.96. The number of carbonyl (C=O) groups is 1. The first kappa shape index (κ1) is 11.6. The van der Waals surface area contributed by atoms with E-state index in [-0.39, 0.29) is 10.9 Å². The number of hydrogen-bond donors (Lipinski definition) is 2. The molecule has 0 saturated carbocycles. The Labute approximate surface area is 91.5 Å². The van der Waals surface area contributed by atoms with Crippen molar-refractivity contribution in [2.45, 2.75) is 12.7 Å². The number of furan rings is 1. The predicted octanol–water partition coefficient (Wildman–Crippen LogP) is 1.50. The van der Waals surface area contributed by atoms with E-state index in [9.17, 15) is 4.79 Å². The maximum Gasteiger partial charge on any atom is 0.374 e. The summed E-state index contributed by atoms with van der Waals surface area (Å²) in [6.07, 6.45) is 0. The van der Waals surface area contributed by atoms with Gasteiger partial charge < -0.3 is 14.9 Å². The first-order valence-electron chi connectivity index (χ1n) is 4.19. The molecule has 0 amide bonds. The SMILES string of the molecule is COC(=O)c1oc(CSC(=N)N)cc1C. The number of rotatable bonds is 3. The Morgan fingerprint density at radius 1 is 1.73 bits per heavy atom. The third-order valence-electron chi connectivity index (χ3n) is 1.71. The van der Waals surface area contributed by atoms with E-state index in [1.54, 1.807) is 13.0 Å². The van der Waals surface area contributed by atoms with Gasteiger partial charge in [0, 0.05) is 5.56 Å². The van der Waals surface area contributed by atoms with Crippen molar-refractivity contribution in [3.63, 3.8) is 0 Å². The van der Waals surface area contributed by atoms with Crippen LogP contribution in [-0.4, -0.2) is 18.2 Å². The summed E-state index contributed by atoms with van der Waals surface area (Å²) in [4.78, 5) is 11.2. The lowest BCUT2D eigenvalue weighted by atomic mass is 10.3. The molecule has 0 unspecified atom stereocenters. The highest BCUT2D eigenvalue weighted by molar-refractivity contribution is 8.13. The molecule has 0 radical (unpaired) electrons. The van der Waals surface area contributed by atoms with E-state index in [2.05, 4.69) is 4.74 Å². The number of amidine groups is 1. The molecule has 1 rings (SSSR count). The molecule has 1 aromatic rings. The van der Waals surface area contributed by atoms with Gasteiger partial charge in [0.2, 0.25) is 5.76 Å². The summed E-state index contributed by atoms with van der Waals surface area (Å²) in [5, 5.41) is 7.05. The number of thioether (sulfide) groups is 1. The molecule has 0 saturated heterocycles. The largest absolute Gasteiger partial charge is 0.463 e. The van der Waals surface area contributed by atoms with Gasteiger partial charge in [0.15, 0.2) is 5.17 Å². The van der Waals surface area contributed by atoms with Crippen molar-refractivity contribution in [3.05, 3.63) is 23.2 Å². The fourth-order valence-electron chi connectivity index (χ4n) is 1.06. The molecule has 0 aliphatic carbocycles. The van der Waals surface area contributed by atoms with Gasteiger partial charge in [-0.15, -0.1) is 0 Å². The maximum atomic E-state index is 11.2. The number of nitrogens with one attached hydrogen (secondary N) is 1. The van der Waals surface area contributed by atoms with Crippen molar-refractivity contribution in [2.75, 3.05) is 7.11 Å². The van der Waals surface area contributed by atoms with Gasteiger partial charge >= 0.3 is 5.97 Å². The van der Waals surface area contributed by atoms with Gasteiger partial charge in [-0.05, 0) is 13.0 Å². The first-order chi connectivity index (χ1) is 7.04. The minimum Gasteiger partial charge on any atom is -0.463 e. The first-order valence-corrected chi connectivity index (χ1v) is 5.17. The van der Waals surface area contributed by atoms with Gasteiger partial charge in [0.25, 0.3) is 0 Å². The second-order valence-electron chi connectivity index (χ2n) is 2.87. The molecule has 0 bridgehead atoms. The van der Waals surface area contributed by atoms with Crippen molar-refractivity contribution in [1.29, 1.82) is 5.41 Å². The zero-order chi connectivity index (χ0) is 11.4. The summed E-state index contributed by atoms with van der Waals surface area (Å²) in [7, 11) is 1.30. The highest BCUT2D eigenvalue weighted by atomic mass is 32.2. The van der Waals surface area contributed by atoms with Gasteiger partial charge in [-0.25, -0.2) is 4.79 Å². The van der Waals surface area contributed by atoms with E-state index < -0.39 is 5.97 Å². The Balaban J connectivity index is 2.76. The molecule has 6 heteroatoms. The number of carbonyl (C=O) groups excluding carboxylic acids is 1. The number of aryl methyl sites for hydroxylation is 1. The Morgan fingerprint density at radius 2 is 2.40 bits per heavy atom.